The molecule has 2 aromatic heterocycles. The SMILES string of the molecule is CCN(CC)Cc1c(-c2ccccc2OC)sc2c1c(=O)c(C(O)C(C)C)cn2Cc1ccccc1F. The summed E-state index contributed by atoms with van der Waals surface area (Å²) in [6.45, 7) is 10.5. The number of ether oxygens (including phenoxy) is 1. The lowest BCUT2D eigenvalue weighted by Crippen LogP contribution is -2.24. The van der Waals surface area contributed by atoms with Crippen LogP contribution in [0.2, 0.25) is 0 Å². The smallest absolute Gasteiger partial charge is 0.196 e. The van der Waals surface area contributed by atoms with Gasteiger partial charge in [-0.25, -0.2) is 4.39 Å². The Morgan fingerprint density at radius 3 is 2.41 bits per heavy atom. The van der Waals surface area contributed by atoms with Gasteiger partial charge in [0.2, 0.25) is 0 Å². The normalized spacial score (nSPS) is 12.6. The molecule has 0 amide bonds. The van der Waals surface area contributed by atoms with Gasteiger partial charge in [0.05, 0.1) is 25.1 Å². The summed E-state index contributed by atoms with van der Waals surface area (Å²) in [7, 11) is 1.64. The average molecular weight is 523 g/mol. The molecule has 0 saturated carbocycles. The van der Waals surface area contributed by atoms with Gasteiger partial charge in [-0.15, -0.1) is 11.3 Å². The van der Waals surface area contributed by atoms with Crippen molar-refractivity contribution in [2.45, 2.75) is 46.9 Å². The van der Waals surface area contributed by atoms with E-state index in [1.165, 1.54) is 17.4 Å². The number of halogens is 1. The van der Waals surface area contributed by atoms with Crippen molar-refractivity contribution in [2.75, 3.05) is 20.2 Å². The summed E-state index contributed by atoms with van der Waals surface area (Å²) in [6.07, 6.45) is 0.783. The van der Waals surface area contributed by atoms with Crippen molar-refractivity contribution in [3.63, 3.8) is 0 Å². The number of pyridine rings is 1. The zero-order chi connectivity index (χ0) is 26.7. The third-order valence-corrected chi connectivity index (χ3v) is 8.21. The number of aliphatic hydroxyl groups is 1. The summed E-state index contributed by atoms with van der Waals surface area (Å²) >= 11 is 1.52. The Morgan fingerprint density at radius 2 is 1.76 bits per heavy atom. The highest BCUT2D eigenvalue weighted by Crippen LogP contribution is 2.42. The van der Waals surface area contributed by atoms with Crippen LogP contribution in [0.15, 0.2) is 59.5 Å². The van der Waals surface area contributed by atoms with Crippen LogP contribution in [0.3, 0.4) is 0 Å². The number of aromatic nitrogens is 1. The van der Waals surface area contributed by atoms with Gasteiger partial charge in [-0.05, 0) is 42.8 Å². The number of fused-ring (bicyclic) bond motifs is 1. The Hall–Kier alpha value is -3.00. The standard InChI is InChI=1S/C30H35FN2O3S/c1-6-32(7-2)17-22-26-28(35)23(27(34)19(3)4)18-33(16-20-12-8-10-14-24(20)31)30(26)37-29(22)21-13-9-11-15-25(21)36-5/h8-15,18-19,27,34H,6-7,16-17H2,1-5H3. The van der Waals surface area contributed by atoms with Crippen LogP contribution in [0.4, 0.5) is 4.39 Å². The Morgan fingerprint density at radius 1 is 1.08 bits per heavy atom. The second kappa shape index (κ2) is 11.6. The van der Waals surface area contributed by atoms with Gasteiger partial charge in [0, 0.05) is 34.3 Å². The van der Waals surface area contributed by atoms with Crippen LogP contribution in [0.1, 0.15) is 50.5 Å². The van der Waals surface area contributed by atoms with E-state index in [4.69, 9.17) is 4.74 Å². The molecule has 4 rings (SSSR count). The molecule has 196 valence electrons. The predicted molar refractivity (Wildman–Crippen MR) is 150 cm³/mol. The number of para-hydroxylation sites is 1. The molecule has 1 unspecified atom stereocenters. The van der Waals surface area contributed by atoms with Gasteiger partial charge < -0.3 is 14.4 Å². The van der Waals surface area contributed by atoms with Crippen molar-refractivity contribution in [3.05, 3.63) is 87.5 Å². The minimum atomic E-state index is -0.931. The lowest BCUT2D eigenvalue weighted by molar-refractivity contribution is 0.125. The van der Waals surface area contributed by atoms with E-state index in [9.17, 15) is 14.3 Å². The van der Waals surface area contributed by atoms with Gasteiger partial charge in [-0.3, -0.25) is 9.69 Å². The van der Waals surface area contributed by atoms with Crippen LogP contribution in [-0.2, 0) is 13.1 Å². The summed E-state index contributed by atoms with van der Waals surface area (Å²) in [5.74, 6) is 0.279. The number of benzene rings is 2. The van der Waals surface area contributed by atoms with Crippen LogP contribution in [-0.4, -0.2) is 34.8 Å². The molecule has 0 aliphatic heterocycles. The van der Waals surface area contributed by atoms with E-state index in [1.807, 2.05) is 48.7 Å². The molecule has 1 N–H and O–H groups in total. The topological polar surface area (TPSA) is 54.7 Å². The van der Waals surface area contributed by atoms with E-state index in [0.29, 0.717) is 23.1 Å². The van der Waals surface area contributed by atoms with Crippen molar-refractivity contribution >= 4 is 21.6 Å². The second-order valence-corrected chi connectivity index (χ2v) is 10.6. The van der Waals surface area contributed by atoms with Crippen LogP contribution < -0.4 is 10.2 Å². The average Bonchev–Trinajstić information content (AvgIpc) is 3.29. The first-order valence-corrected chi connectivity index (χ1v) is 13.6. The molecule has 0 radical (unpaired) electrons. The minimum Gasteiger partial charge on any atom is -0.496 e. The number of methoxy groups -OCH3 is 1. The maximum absolute atomic E-state index is 14.7. The van der Waals surface area contributed by atoms with Gasteiger partial charge in [-0.2, -0.15) is 0 Å². The number of nitrogens with zero attached hydrogens (tertiary/aromatic N) is 2. The molecule has 4 aromatic rings. The molecule has 0 aliphatic rings. The van der Waals surface area contributed by atoms with Crippen molar-refractivity contribution in [1.82, 2.24) is 9.47 Å². The summed E-state index contributed by atoms with van der Waals surface area (Å²) in [5.41, 5.74) is 2.52. The third kappa shape index (κ3) is 5.35. The van der Waals surface area contributed by atoms with E-state index >= 15 is 0 Å². The molecule has 5 nitrogen and oxygen atoms in total. The van der Waals surface area contributed by atoms with Crippen LogP contribution in [0.25, 0.3) is 20.7 Å². The van der Waals surface area contributed by atoms with Gasteiger partial charge in [0.25, 0.3) is 0 Å². The molecule has 0 aliphatic carbocycles. The van der Waals surface area contributed by atoms with E-state index in [0.717, 1.165) is 39.7 Å². The number of aliphatic hydroxyl groups excluding tert-OH is 1. The summed E-state index contributed by atoms with van der Waals surface area (Å²) in [5, 5.41) is 11.6. The first-order chi connectivity index (χ1) is 17.8. The fourth-order valence-electron chi connectivity index (χ4n) is 4.69. The lowest BCUT2D eigenvalue weighted by atomic mass is 9.97. The van der Waals surface area contributed by atoms with Gasteiger partial charge >= 0.3 is 0 Å². The Bertz CT molecular complexity index is 1440. The largest absolute Gasteiger partial charge is 0.496 e. The molecular weight excluding hydrogens is 487 g/mol. The molecule has 0 bridgehead atoms. The predicted octanol–water partition coefficient (Wildman–Crippen LogP) is 6.46. The number of rotatable bonds is 10. The second-order valence-electron chi connectivity index (χ2n) is 9.57. The molecule has 0 fully saturated rings. The van der Waals surface area contributed by atoms with E-state index in [1.54, 1.807) is 25.4 Å². The van der Waals surface area contributed by atoms with Crippen LogP contribution in [0, 0.1) is 11.7 Å². The monoisotopic (exact) mass is 522 g/mol. The molecule has 1 atom stereocenters. The molecular formula is C30H35FN2O3S. The van der Waals surface area contributed by atoms with E-state index in [-0.39, 0.29) is 23.7 Å². The molecule has 0 spiro atoms. The first-order valence-electron chi connectivity index (χ1n) is 12.8. The fraction of sp³-hybridized carbons (Fsp3) is 0.367. The Kier molecular flexibility index (Phi) is 8.47. The van der Waals surface area contributed by atoms with Crippen LogP contribution >= 0.6 is 11.3 Å². The van der Waals surface area contributed by atoms with Gasteiger partial charge in [-0.1, -0.05) is 58.0 Å². The maximum atomic E-state index is 14.7. The quantitative estimate of drug-likeness (QED) is 0.260. The molecule has 7 heteroatoms. The highest BCUT2D eigenvalue weighted by molar-refractivity contribution is 7.22. The van der Waals surface area contributed by atoms with Crippen molar-refractivity contribution in [2.24, 2.45) is 5.92 Å². The van der Waals surface area contributed by atoms with Gasteiger partial charge in [0.1, 0.15) is 16.4 Å². The minimum absolute atomic E-state index is 0.148. The van der Waals surface area contributed by atoms with Crippen molar-refractivity contribution in [1.29, 1.82) is 0 Å². The number of thiophene rings is 1. The molecule has 2 aromatic carbocycles. The lowest BCUT2D eigenvalue weighted by Gasteiger charge is -2.20. The van der Waals surface area contributed by atoms with Crippen molar-refractivity contribution < 1.29 is 14.2 Å². The maximum Gasteiger partial charge on any atom is 0.196 e. The highest BCUT2D eigenvalue weighted by atomic mass is 32.1. The Balaban J connectivity index is 2.09. The number of hydrogen-bond donors (Lipinski definition) is 1. The summed E-state index contributed by atoms with van der Waals surface area (Å²) in [4.78, 5) is 18.0. The molecule has 0 saturated heterocycles. The molecule has 2 heterocycles. The Labute approximate surface area is 221 Å². The third-order valence-electron chi connectivity index (χ3n) is 6.91. The highest BCUT2D eigenvalue weighted by Gasteiger charge is 2.26. The van der Waals surface area contributed by atoms with Crippen LogP contribution in [0.5, 0.6) is 5.75 Å². The fourth-order valence-corrected chi connectivity index (χ4v) is 6.00. The molecule has 37 heavy (non-hydrogen) atoms. The summed E-state index contributed by atoms with van der Waals surface area (Å²) in [6, 6.07) is 14.5. The zero-order valence-electron chi connectivity index (χ0n) is 22.1. The summed E-state index contributed by atoms with van der Waals surface area (Å²) < 4.78 is 22.3. The van der Waals surface area contributed by atoms with Crippen molar-refractivity contribution in [3.8, 4) is 16.2 Å². The van der Waals surface area contributed by atoms with E-state index in [2.05, 4.69) is 18.7 Å². The zero-order valence-corrected chi connectivity index (χ0v) is 22.9. The first kappa shape index (κ1) is 27.0. The van der Waals surface area contributed by atoms with Gasteiger partial charge in [0.15, 0.2) is 5.43 Å². The van der Waals surface area contributed by atoms with E-state index < -0.39 is 6.10 Å². The number of hydrogen-bond acceptors (Lipinski definition) is 5.